The maximum absolute atomic E-state index is 12.6. The topological polar surface area (TPSA) is 94.2 Å². The summed E-state index contributed by atoms with van der Waals surface area (Å²) in [7, 11) is 0. The molecule has 0 unspecified atom stereocenters. The predicted molar refractivity (Wildman–Crippen MR) is 104 cm³/mol. The second-order valence-electron chi connectivity index (χ2n) is 7.13. The highest BCUT2D eigenvalue weighted by Crippen LogP contribution is 2.26. The summed E-state index contributed by atoms with van der Waals surface area (Å²) in [5.41, 5.74) is 2.27. The molecule has 1 amide bonds. The molecule has 3 heterocycles. The van der Waals surface area contributed by atoms with Gasteiger partial charge in [0.25, 0.3) is 11.8 Å². The SMILES string of the molecule is Cc1cnc(C(=O)N2CCC(c3noc(COCc4ccccc4)n3)CC2)cn1. The van der Waals surface area contributed by atoms with Crippen molar-refractivity contribution in [1.29, 1.82) is 0 Å². The van der Waals surface area contributed by atoms with Gasteiger partial charge in [-0.15, -0.1) is 0 Å². The molecule has 1 aliphatic rings. The van der Waals surface area contributed by atoms with Gasteiger partial charge in [0.15, 0.2) is 5.82 Å². The summed E-state index contributed by atoms with van der Waals surface area (Å²) < 4.78 is 11.0. The third-order valence-corrected chi connectivity index (χ3v) is 4.97. The number of nitrogens with zero attached hydrogens (tertiary/aromatic N) is 5. The Hall–Kier alpha value is -3.13. The van der Waals surface area contributed by atoms with Crippen LogP contribution < -0.4 is 0 Å². The molecule has 0 N–H and O–H groups in total. The van der Waals surface area contributed by atoms with Gasteiger partial charge >= 0.3 is 0 Å². The van der Waals surface area contributed by atoms with Crippen molar-refractivity contribution in [2.24, 2.45) is 0 Å². The van der Waals surface area contributed by atoms with E-state index in [-0.39, 0.29) is 18.4 Å². The molecule has 4 rings (SSSR count). The van der Waals surface area contributed by atoms with Gasteiger partial charge < -0.3 is 14.2 Å². The van der Waals surface area contributed by atoms with E-state index in [1.807, 2.05) is 37.3 Å². The molecule has 0 spiro atoms. The van der Waals surface area contributed by atoms with Crippen LogP contribution in [0.1, 0.15) is 52.2 Å². The molecular formula is C21H23N5O3. The molecule has 2 aromatic heterocycles. The van der Waals surface area contributed by atoms with Gasteiger partial charge in [0.1, 0.15) is 12.3 Å². The van der Waals surface area contributed by atoms with Crippen molar-refractivity contribution < 1.29 is 14.1 Å². The van der Waals surface area contributed by atoms with E-state index in [0.29, 0.717) is 37.1 Å². The van der Waals surface area contributed by atoms with Gasteiger partial charge in [-0.3, -0.25) is 9.78 Å². The number of aromatic nitrogens is 4. The first-order valence-electron chi connectivity index (χ1n) is 9.71. The van der Waals surface area contributed by atoms with Crippen LogP contribution in [-0.4, -0.2) is 44.0 Å². The van der Waals surface area contributed by atoms with Crippen LogP contribution in [0.25, 0.3) is 0 Å². The van der Waals surface area contributed by atoms with Crippen molar-refractivity contribution in [3.8, 4) is 0 Å². The van der Waals surface area contributed by atoms with Crippen LogP contribution in [0, 0.1) is 6.92 Å². The Labute approximate surface area is 168 Å². The van der Waals surface area contributed by atoms with Crippen LogP contribution in [0.2, 0.25) is 0 Å². The number of carbonyl (C=O) groups excluding carboxylic acids is 1. The lowest BCUT2D eigenvalue weighted by Gasteiger charge is -2.30. The van der Waals surface area contributed by atoms with Gasteiger partial charge in [0.05, 0.1) is 18.5 Å². The maximum atomic E-state index is 12.6. The number of piperidine rings is 1. The Morgan fingerprint density at radius 1 is 1.14 bits per heavy atom. The van der Waals surface area contributed by atoms with E-state index in [9.17, 15) is 4.79 Å². The van der Waals surface area contributed by atoms with Crippen molar-refractivity contribution in [3.63, 3.8) is 0 Å². The molecule has 150 valence electrons. The summed E-state index contributed by atoms with van der Waals surface area (Å²) >= 11 is 0. The van der Waals surface area contributed by atoms with Crippen molar-refractivity contribution in [3.05, 3.63) is 71.4 Å². The van der Waals surface area contributed by atoms with E-state index in [0.717, 1.165) is 24.1 Å². The number of rotatable bonds is 6. The van der Waals surface area contributed by atoms with E-state index >= 15 is 0 Å². The number of aryl methyl sites for hydroxylation is 1. The fourth-order valence-electron chi connectivity index (χ4n) is 3.33. The standard InChI is InChI=1S/C21H23N5O3/c1-15-11-23-18(12-22-15)21(27)26-9-7-17(8-10-26)20-24-19(29-25-20)14-28-13-16-5-3-2-4-6-16/h2-6,11-12,17H,7-10,13-14H2,1H3. The molecule has 1 aromatic carbocycles. The first-order chi connectivity index (χ1) is 14.2. The zero-order valence-corrected chi connectivity index (χ0v) is 16.3. The lowest BCUT2D eigenvalue weighted by molar-refractivity contribution is 0.0704. The highest BCUT2D eigenvalue weighted by Gasteiger charge is 2.28. The average molecular weight is 393 g/mol. The second kappa shape index (κ2) is 8.91. The van der Waals surface area contributed by atoms with E-state index in [2.05, 4.69) is 20.1 Å². The van der Waals surface area contributed by atoms with Gasteiger partial charge in [0, 0.05) is 25.2 Å². The monoisotopic (exact) mass is 393 g/mol. The number of hydrogen-bond acceptors (Lipinski definition) is 7. The molecular weight excluding hydrogens is 370 g/mol. The van der Waals surface area contributed by atoms with Crippen molar-refractivity contribution in [2.75, 3.05) is 13.1 Å². The van der Waals surface area contributed by atoms with Crippen LogP contribution in [0.4, 0.5) is 0 Å². The summed E-state index contributed by atoms with van der Waals surface area (Å²) in [6, 6.07) is 9.95. The number of likely N-dealkylation sites (tertiary alicyclic amines) is 1. The molecule has 1 fully saturated rings. The van der Waals surface area contributed by atoms with E-state index < -0.39 is 0 Å². The van der Waals surface area contributed by atoms with Gasteiger partial charge in [0.2, 0.25) is 0 Å². The molecule has 0 aliphatic carbocycles. The molecule has 0 saturated carbocycles. The average Bonchev–Trinajstić information content (AvgIpc) is 3.24. The third kappa shape index (κ3) is 4.83. The Morgan fingerprint density at radius 2 is 1.93 bits per heavy atom. The largest absolute Gasteiger partial charge is 0.367 e. The number of carbonyl (C=O) groups is 1. The Morgan fingerprint density at radius 3 is 2.66 bits per heavy atom. The van der Waals surface area contributed by atoms with Gasteiger partial charge in [-0.05, 0) is 25.3 Å². The Balaban J connectivity index is 1.26. The van der Waals surface area contributed by atoms with Gasteiger partial charge in [-0.2, -0.15) is 4.98 Å². The van der Waals surface area contributed by atoms with Crippen LogP contribution in [0.3, 0.4) is 0 Å². The van der Waals surface area contributed by atoms with Crippen LogP contribution in [0.5, 0.6) is 0 Å². The van der Waals surface area contributed by atoms with Crippen LogP contribution >= 0.6 is 0 Å². The summed E-state index contributed by atoms with van der Waals surface area (Å²) in [6.07, 6.45) is 4.72. The maximum Gasteiger partial charge on any atom is 0.274 e. The van der Waals surface area contributed by atoms with Crippen LogP contribution in [0.15, 0.2) is 47.2 Å². The molecule has 1 saturated heterocycles. The molecule has 0 atom stereocenters. The summed E-state index contributed by atoms with van der Waals surface area (Å²) in [5, 5.41) is 4.11. The number of benzene rings is 1. The minimum Gasteiger partial charge on any atom is -0.367 e. The smallest absolute Gasteiger partial charge is 0.274 e. The van der Waals surface area contributed by atoms with E-state index in [1.54, 1.807) is 11.1 Å². The molecule has 29 heavy (non-hydrogen) atoms. The van der Waals surface area contributed by atoms with Crippen LogP contribution in [-0.2, 0) is 18.0 Å². The van der Waals surface area contributed by atoms with E-state index in [4.69, 9.17) is 9.26 Å². The first-order valence-corrected chi connectivity index (χ1v) is 9.71. The Kier molecular flexibility index (Phi) is 5.90. The molecule has 3 aromatic rings. The van der Waals surface area contributed by atoms with Crippen molar-refractivity contribution >= 4 is 5.91 Å². The second-order valence-corrected chi connectivity index (χ2v) is 7.13. The summed E-state index contributed by atoms with van der Waals surface area (Å²) in [4.78, 5) is 27.2. The number of ether oxygens (including phenoxy) is 1. The number of amides is 1. The van der Waals surface area contributed by atoms with Gasteiger partial charge in [-0.25, -0.2) is 4.98 Å². The molecule has 0 bridgehead atoms. The number of hydrogen-bond donors (Lipinski definition) is 0. The van der Waals surface area contributed by atoms with E-state index in [1.165, 1.54) is 6.20 Å². The summed E-state index contributed by atoms with van der Waals surface area (Å²) in [6.45, 7) is 3.89. The minimum atomic E-state index is -0.0842. The highest BCUT2D eigenvalue weighted by atomic mass is 16.5. The lowest BCUT2D eigenvalue weighted by Crippen LogP contribution is -2.38. The fourth-order valence-corrected chi connectivity index (χ4v) is 3.33. The third-order valence-electron chi connectivity index (χ3n) is 4.97. The summed E-state index contributed by atoms with van der Waals surface area (Å²) in [5.74, 6) is 1.25. The highest BCUT2D eigenvalue weighted by molar-refractivity contribution is 5.92. The quantitative estimate of drug-likeness (QED) is 0.635. The minimum absolute atomic E-state index is 0.0842. The molecule has 0 radical (unpaired) electrons. The molecule has 8 heteroatoms. The fraction of sp³-hybridized carbons (Fsp3) is 0.381. The zero-order valence-electron chi connectivity index (χ0n) is 16.3. The van der Waals surface area contributed by atoms with Gasteiger partial charge in [-0.1, -0.05) is 35.5 Å². The first kappa shape index (κ1) is 19.2. The molecule has 1 aliphatic heterocycles. The zero-order chi connectivity index (χ0) is 20.1. The Bertz CT molecular complexity index is 934. The predicted octanol–water partition coefficient (Wildman–Crippen LogP) is 2.90. The lowest BCUT2D eigenvalue weighted by atomic mass is 9.96. The van der Waals surface area contributed by atoms with Crippen molar-refractivity contribution in [1.82, 2.24) is 25.0 Å². The normalized spacial score (nSPS) is 14.9. The molecule has 8 nitrogen and oxygen atoms in total. The van der Waals surface area contributed by atoms with Crippen molar-refractivity contribution in [2.45, 2.75) is 38.9 Å².